The Balaban J connectivity index is 1.68. The Morgan fingerprint density at radius 1 is 1.38 bits per heavy atom. The minimum absolute atomic E-state index is 0.000689. The molecule has 1 aromatic carbocycles. The van der Waals surface area contributed by atoms with Crippen LogP contribution in [0.4, 0.5) is 0 Å². The highest BCUT2D eigenvalue weighted by Gasteiger charge is 2.34. The lowest BCUT2D eigenvalue weighted by Gasteiger charge is -2.23. The summed E-state index contributed by atoms with van der Waals surface area (Å²) in [6.07, 6.45) is 1.33. The van der Waals surface area contributed by atoms with Crippen LogP contribution in [0.5, 0.6) is 0 Å². The number of rotatable bonds is 3. The molecule has 136 valence electrons. The Morgan fingerprint density at radius 3 is 2.85 bits per heavy atom. The molecule has 0 aliphatic carbocycles. The summed E-state index contributed by atoms with van der Waals surface area (Å²) in [5.41, 5.74) is 4.11. The number of aliphatic hydroxyl groups excluding tert-OH is 1. The number of aryl methyl sites for hydroxylation is 1. The maximum atomic E-state index is 13.2. The number of amides is 1. The smallest absolute Gasteiger partial charge is 0.271 e. The zero-order chi connectivity index (χ0) is 18.4. The van der Waals surface area contributed by atoms with E-state index < -0.39 is 6.10 Å². The summed E-state index contributed by atoms with van der Waals surface area (Å²) < 4.78 is 1.16. The lowest BCUT2D eigenvalue weighted by atomic mass is 10.1. The van der Waals surface area contributed by atoms with Gasteiger partial charge in [0.05, 0.1) is 22.4 Å². The van der Waals surface area contributed by atoms with Crippen molar-refractivity contribution in [2.45, 2.75) is 45.8 Å². The zero-order valence-corrected chi connectivity index (χ0v) is 16.1. The first-order valence-corrected chi connectivity index (χ1v) is 9.82. The van der Waals surface area contributed by atoms with Gasteiger partial charge in [0.25, 0.3) is 5.91 Å². The SMILES string of the molecule is Cc1[nH]c(C(=O)N2CCC[C@@H]2c2nc3ccccc3s2)c(C)c1[C@@H](C)O. The van der Waals surface area contributed by atoms with Crippen LogP contribution >= 0.6 is 11.3 Å². The average molecular weight is 369 g/mol. The first-order valence-electron chi connectivity index (χ1n) is 9.01. The molecule has 4 rings (SSSR count). The number of aliphatic hydroxyl groups is 1. The number of para-hydroxylation sites is 1. The summed E-state index contributed by atoms with van der Waals surface area (Å²) >= 11 is 1.67. The lowest BCUT2D eigenvalue weighted by molar-refractivity contribution is 0.0729. The number of hydrogen-bond donors (Lipinski definition) is 2. The molecule has 0 bridgehead atoms. The fourth-order valence-corrected chi connectivity index (χ4v) is 5.16. The summed E-state index contributed by atoms with van der Waals surface area (Å²) in [6.45, 7) is 6.28. The summed E-state index contributed by atoms with van der Waals surface area (Å²) in [5, 5.41) is 11.0. The van der Waals surface area contributed by atoms with E-state index in [9.17, 15) is 9.90 Å². The third kappa shape index (κ3) is 2.73. The summed E-state index contributed by atoms with van der Waals surface area (Å²) in [7, 11) is 0. The van der Waals surface area contributed by atoms with E-state index in [0.29, 0.717) is 5.69 Å². The van der Waals surface area contributed by atoms with Crippen LogP contribution in [0.2, 0.25) is 0 Å². The van der Waals surface area contributed by atoms with Gasteiger partial charge in [-0.3, -0.25) is 4.79 Å². The van der Waals surface area contributed by atoms with Gasteiger partial charge < -0.3 is 15.0 Å². The minimum Gasteiger partial charge on any atom is -0.389 e. The highest BCUT2D eigenvalue weighted by Crippen LogP contribution is 2.38. The molecule has 2 N–H and O–H groups in total. The molecule has 2 aromatic heterocycles. The van der Waals surface area contributed by atoms with Crippen molar-refractivity contribution in [2.75, 3.05) is 6.54 Å². The Kier molecular flexibility index (Phi) is 4.32. The fraction of sp³-hybridized carbons (Fsp3) is 0.400. The second kappa shape index (κ2) is 6.52. The number of carbonyl (C=O) groups excluding carboxylic acids is 1. The van der Waals surface area contributed by atoms with Gasteiger partial charge in [-0.25, -0.2) is 4.98 Å². The molecular weight excluding hydrogens is 346 g/mol. The van der Waals surface area contributed by atoms with Gasteiger partial charge in [0, 0.05) is 17.8 Å². The molecule has 1 aliphatic rings. The number of aromatic nitrogens is 2. The van der Waals surface area contributed by atoms with E-state index in [1.807, 2.05) is 36.9 Å². The largest absolute Gasteiger partial charge is 0.389 e. The molecule has 0 radical (unpaired) electrons. The Hall–Kier alpha value is -2.18. The predicted octanol–water partition coefficient (Wildman–Crippen LogP) is 4.27. The van der Waals surface area contributed by atoms with Gasteiger partial charge in [-0.05, 0) is 51.3 Å². The van der Waals surface area contributed by atoms with Gasteiger partial charge in [-0.15, -0.1) is 11.3 Å². The lowest BCUT2D eigenvalue weighted by Crippen LogP contribution is -2.31. The Morgan fingerprint density at radius 2 is 2.15 bits per heavy atom. The van der Waals surface area contributed by atoms with Gasteiger partial charge >= 0.3 is 0 Å². The molecule has 0 saturated carbocycles. The number of H-pyrrole nitrogens is 1. The molecule has 1 saturated heterocycles. The Bertz CT molecular complexity index is 940. The zero-order valence-electron chi connectivity index (χ0n) is 15.2. The van der Waals surface area contributed by atoms with Crippen LogP contribution in [0.1, 0.15) is 64.2 Å². The highest BCUT2D eigenvalue weighted by molar-refractivity contribution is 7.18. The molecular formula is C20H23N3O2S. The first kappa shape index (κ1) is 17.2. The van der Waals surface area contributed by atoms with Gasteiger partial charge in [0.15, 0.2) is 0 Å². The third-order valence-corrected chi connectivity index (χ3v) is 6.37. The van der Waals surface area contributed by atoms with E-state index in [1.165, 1.54) is 0 Å². The maximum absolute atomic E-state index is 13.2. The van der Waals surface area contributed by atoms with Crippen molar-refractivity contribution in [2.24, 2.45) is 0 Å². The minimum atomic E-state index is -0.591. The average Bonchev–Trinajstić information content (AvgIpc) is 3.29. The van der Waals surface area contributed by atoms with Crippen molar-refractivity contribution in [3.8, 4) is 0 Å². The summed E-state index contributed by atoms with van der Waals surface area (Å²) in [6, 6.07) is 8.13. The summed E-state index contributed by atoms with van der Waals surface area (Å²) in [4.78, 5) is 23.1. The highest BCUT2D eigenvalue weighted by atomic mass is 32.1. The third-order valence-electron chi connectivity index (χ3n) is 5.24. The molecule has 0 unspecified atom stereocenters. The predicted molar refractivity (Wildman–Crippen MR) is 104 cm³/mol. The van der Waals surface area contributed by atoms with E-state index in [0.717, 1.165) is 51.4 Å². The van der Waals surface area contributed by atoms with Crippen LogP contribution in [0.3, 0.4) is 0 Å². The van der Waals surface area contributed by atoms with Crippen LogP contribution in [-0.2, 0) is 0 Å². The van der Waals surface area contributed by atoms with Gasteiger partial charge in [-0.1, -0.05) is 12.1 Å². The number of hydrogen-bond acceptors (Lipinski definition) is 4. The topological polar surface area (TPSA) is 69.2 Å². The summed E-state index contributed by atoms with van der Waals surface area (Å²) in [5.74, 6) is -0.000689. The van der Waals surface area contributed by atoms with Crippen LogP contribution in [0, 0.1) is 13.8 Å². The fourth-order valence-electron chi connectivity index (χ4n) is 4.05. The number of likely N-dealkylation sites (tertiary alicyclic amines) is 1. The molecule has 1 amide bonds. The van der Waals surface area contributed by atoms with E-state index in [2.05, 4.69) is 11.1 Å². The molecule has 0 spiro atoms. The van der Waals surface area contributed by atoms with Gasteiger partial charge in [0.2, 0.25) is 0 Å². The van der Waals surface area contributed by atoms with Gasteiger partial charge in [-0.2, -0.15) is 0 Å². The molecule has 1 aliphatic heterocycles. The number of benzene rings is 1. The molecule has 1 fully saturated rings. The maximum Gasteiger partial charge on any atom is 0.271 e. The first-order chi connectivity index (χ1) is 12.5. The van der Waals surface area contributed by atoms with Crippen LogP contribution in [0.25, 0.3) is 10.2 Å². The van der Waals surface area contributed by atoms with Gasteiger partial charge in [0.1, 0.15) is 10.7 Å². The molecule has 5 nitrogen and oxygen atoms in total. The van der Waals surface area contributed by atoms with Crippen LogP contribution < -0.4 is 0 Å². The van der Waals surface area contributed by atoms with Crippen LogP contribution in [0.15, 0.2) is 24.3 Å². The Labute approximate surface area is 156 Å². The van der Waals surface area contributed by atoms with Crippen LogP contribution in [-0.4, -0.2) is 32.4 Å². The van der Waals surface area contributed by atoms with Crippen molar-refractivity contribution in [1.29, 1.82) is 0 Å². The van der Waals surface area contributed by atoms with E-state index in [-0.39, 0.29) is 11.9 Å². The quantitative estimate of drug-likeness (QED) is 0.724. The van der Waals surface area contributed by atoms with Crippen molar-refractivity contribution in [1.82, 2.24) is 14.9 Å². The molecule has 2 atom stereocenters. The number of carbonyl (C=O) groups is 1. The second-order valence-corrected chi connectivity index (χ2v) is 8.08. The molecule has 3 aromatic rings. The molecule has 26 heavy (non-hydrogen) atoms. The number of nitrogens with zero attached hydrogens (tertiary/aromatic N) is 2. The van der Waals surface area contributed by atoms with E-state index in [4.69, 9.17) is 4.98 Å². The standard InChI is InChI=1S/C20H23N3O2S/c1-11-17(13(3)24)12(2)21-18(11)20(25)23-10-6-8-15(23)19-22-14-7-4-5-9-16(14)26-19/h4-5,7,9,13,15,21,24H,6,8,10H2,1-3H3/t13-,15-/m1/s1. The van der Waals surface area contributed by atoms with E-state index in [1.54, 1.807) is 18.3 Å². The number of nitrogens with one attached hydrogen (secondary N) is 1. The molecule has 6 heteroatoms. The van der Waals surface area contributed by atoms with Crippen molar-refractivity contribution in [3.63, 3.8) is 0 Å². The van der Waals surface area contributed by atoms with E-state index >= 15 is 0 Å². The number of aromatic amines is 1. The number of fused-ring (bicyclic) bond motifs is 1. The number of thiazole rings is 1. The normalized spacial score (nSPS) is 18.6. The van der Waals surface area contributed by atoms with Crippen molar-refractivity contribution in [3.05, 3.63) is 51.8 Å². The second-order valence-electron chi connectivity index (χ2n) is 7.02. The van der Waals surface area contributed by atoms with Crippen molar-refractivity contribution >= 4 is 27.5 Å². The van der Waals surface area contributed by atoms with Crippen molar-refractivity contribution < 1.29 is 9.90 Å². The molecule has 3 heterocycles. The monoisotopic (exact) mass is 369 g/mol.